The maximum Gasteiger partial charge on any atom is 0.138 e. The number of benzene rings is 1. The van der Waals surface area contributed by atoms with E-state index in [1.807, 2.05) is 25.3 Å². The van der Waals surface area contributed by atoms with Crippen molar-refractivity contribution in [2.24, 2.45) is 0 Å². The molecule has 3 heteroatoms. The molecular formula is C14H16N2O. The number of nitrogens with zero attached hydrogens (tertiary/aromatic N) is 1. The van der Waals surface area contributed by atoms with Gasteiger partial charge in [-0.25, -0.2) is 0 Å². The lowest BCUT2D eigenvalue weighted by Crippen LogP contribution is -2.00. The summed E-state index contributed by atoms with van der Waals surface area (Å²) in [6, 6.07) is 7.49. The van der Waals surface area contributed by atoms with Gasteiger partial charge in [-0.3, -0.25) is 4.98 Å². The molecule has 2 aromatic rings. The van der Waals surface area contributed by atoms with Crippen LogP contribution < -0.4 is 5.73 Å². The molecule has 1 aromatic heterocycles. The van der Waals surface area contributed by atoms with Crippen LogP contribution in [-0.2, 0) is 0 Å². The van der Waals surface area contributed by atoms with Crippen LogP contribution >= 0.6 is 0 Å². The van der Waals surface area contributed by atoms with E-state index in [-0.39, 0.29) is 11.7 Å². The third kappa shape index (κ3) is 2.23. The Labute approximate surface area is 101 Å². The second kappa shape index (κ2) is 4.45. The van der Waals surface area contributed by atoms with E-state index in [1.54, 1.807) is 18.3 Å². The molecule has 0 amide bonds. The van der Waals surface area contributed by atoms with E-state index in [9.17, 15) is 5.11 Å². The number of rotatable bonds is 2. The number of phenolic OH excluding ortho intramolecular Hbond substituents is 1. The Kier molecular flexibility index (Phi) is 3.00. The standard InChI is InChI=1S/C14H16N2O/c1-9-6-13(15)14(17)7-12(9)10(2)11-4-3-5-16-8-11/h3-8,10,17H,15H2,1-2H3. The molecule has 0 aliphatic heterocycles. The maximum atomic E-state index is 9.68. The quantitative estimate of drug-likeness (QED) is 0.613. The molecule has 1 atom stereocenters. The lowest BCUT2D eigenvalue weighted by atomic mass is 9.90. The zero-order valence-electron chi connectivity index (χ0n) is 10.0. The molecule has 0 saturated heterocycles. The highest BCUT2D eigenvalue weighted by molar-refractivity contribution is 5.57. The van der Waals surface area contributed by atoms with Gasteiger partial charge in [0.15, 0.2) is 0 Å². The van der Waals surface area contributed by atoms with Crippen LogP contribution in [0.3, 0.4) is 0 Å². The van der Waals surface area contributed by atoms with Gasteiger partial charge < -0.3 is 10.8 Å². The highest BCUT2D eigenvalue weighted by Crippen LogP contribution is 2.32. The number of hydrogen-bond acceptors (Lipinski definition) is 3. The Morgan fingerprint density at radius 2 is 2.12 bits per heavy atom. The summed E-state index contributed by atoms with van der Waals surface area (Å²) >= 11 is 0. The van der Waals surface area contributed by atoms with E-state index in [0.717, 1.165) is 16.7 Å². The second-order valence-electron chi connectivity index (χ2n) is 4.28. The molecule has 0 aliphatic rings. The zero-order chi connectivity index (χ0) is 12.4. The van der Waals surface area contributed by atoms with E-state index in [1.165, 1.54) is 0 Å². The van der Waals surface area contributed by atoms with Crippen molar-refractivity contribution in [1.29, 1.82) is 0 Å². The molecule has 0 aliphatic carbocycles. The van der Waals surface area contributed by atoms with Gasteiger partial charge in [0, 0.05) is 18.3 Å². The Balaban J connectivity index is 2.44. The maximum absolute atomic E-state index is 9.68. The lowest BCUT2D eigenvalue weighted by molar-refractivity contribution is 0.476. The van der Waals surface area contributed by atoms with E-state index in [0.29, 0.717) is 5.69 Å². The average molecular weight is 228 g/mol. The summed E-state index contributed by atoms with van der Waals surface area (Å²) in [5.74, 6) is 0.330. The van der Waals surface area contributed by atoms with Gasteiger partial charge in [0.1, 0.15) is 5.75 Å². The number of aromatic hydroxyl groups is 1. The summed E-state index contributed by atoms with van der Waals surface area (Å²) in [6.07, 6.45) is 3.60. The van der Waals surface area contributed by atoms with E-state index in [2.05, 4.69) is 11.9 Å². The van der Waals surface area contributed by atoms with Gasteiger partial charge >= 0.3 is 0 Å². The molecule has 0 fully saturated rings. The summed E-state index contributed by atoms with van der Waals surface area (Å²) in [5, 5.41) is 9.68. The summed E-state index contributed by atoms with van der Waals surface area (Å²) in [4.78, 5) is 4.11. The van der Waals surface area contributed by atoms with Crippen LogP contribution in [-0.4, -0.2) is 10.1 Å². The van der Waals surface area contributed by atoms with Gasteiger partial charge in [-0.2, -0.15) is 0 Å². The summed E-state index contributed by atoms with van der Waals surface area (Å²) in [6.45, 7) is 4.09. The van der Waals surface area contributed by atoms with Crippen LogP contribution in [0.25, 0.3) is 0 Å². The van der Waals surface area contributed by atoms with Crippen molar-refractivity contribution in [2.75, 3.05) is 5.73 Å². The third-order valence-corrected chi connectivity index (χ3v) is 3.07. The molecule has 3 N–H and O–H groups in total. The number of aryl methyl sites for hydroxylation is 1. The van der Waals surface area contributed by atoms with Crippen molar-refractivity contribution in [3.8, 4) is 5.75 Å². The van der Waals surface area contributed by atoms with Crippen molar-refractivity contribution in [3.05, 3.63) is 53.3 Å². The molecule has 1 unspecified atom stereocenters. The number of pyridine rings is 1. The predicted molar refractivity (Wildman–Crippen MR) is 69.0 cm³/mol. The molecule has 17 heavy (non-hydrogen) atoms. The Morgan fingerprint density at radius 3 is 2.76 bits per heavy atom. The average Bonchev–Trinajstić information content (AvgIpc) is 2.34. The smallest absolute Gasteiger partial charge is 0.138 e. The van der Waals surface area contributed by atoms with Crippen LogP contribution in [0.1, 0.15) is 29.5 Å². The number of phenols is 1. The van der Waals surface area contributed by atoms with Crippen LogP contribution in [0.5, 0.6) is 5.75 Å². The first kappa shape index (κ1) is 11.5. The molecule has 1 heterocycles. The molecule has 0 bridgehead atoms. The fraction of sp³-hybridized carbons (Fsp3) is 0.214. The Bertz CT molecular complexity index is 523. The second-order valence-corrected chi connectivity index (χ2v) is 4.28. The molecule has 1 aromatic carbocycles. The van der Waals surface area contributed by atoms with Crippen molar-refractivity contribution < 1.29 is 5.11 Å². The number of hydrogen-bond donors (Lipinski definition) is 2. The van der Waals surface area contributed by atoms with Gasteiger partial charge in [-0.15, -0.1) is 0 Å². The first-order chi connectivity index (χ1) is 8.09. The van der Waals surface area contributed by atoms with Gasteiger partial charge in [0.2, 0.25) is 0 Å². The fourth-order valence-corrected chi connectivity index (χ4v) is 2.01. The number of nitrogen functional groups attached to an aromatic ring is 1. The van der Waals surface area contributed by atoms with Crippen molar-refractivity contribution >= 4 is 5.69 Å². The van der Waals surface area contributed by atoms with Crippen LogP contribution in [0, 0.1) is 6.92 Å². The minimum absolute atomic E-state index is 0.140. The molecule has 2 rings (SSSR count). The van der Waals surface area contributed by atoms with Crippen molar-refractivity contribution in [3.63, 3.8) is 0 Å². The zero-order valence-corrected chi connectivity index (χ0v) is 10.0. The minimum Gasteiger partial charge on any atom is -0.506 e. The minimum atomic E-state index is 0.140. The molecule has 0 spiro atoms. The Hall–Kier alpha value is -2.03. The molecule has 88 valence electrons. The largest absolute Gasteiger partial charge is 0.506 e. The predicted octanol–water partition coefficient (Wildman–Crippen LogP) is 2.83. The first-order valence-electron chi connectivity index (χ1n) is 5.58. The Morgan fingerprint density at radius 1 is 1.35 bits per heavy atom. The van der Waals surface area contributed by atoms with Gasteiger partial charge in [0.25, 0.3) is 0 Å². The van der Waals surface area contributed by atoms with Crippen molar-refractivity contribution in [1.82, 2.24) is 4.98 Å². The molecule has 3 nitrogen and oxygen atoms in total. The molecule has 0 saturated carbocycles. The highest BCUT2D eigenvalue weighted by Gasteiger charge is 2.13. The normalized spacial score (nSPS) is 12.4. The van der Waals surface area contributed by atoms with Crippen LogP contribution in [0.4, 0.5) is 5.69 Å². The third-order valence-electron chi connectivity index (χ3n) is 3.07. The first-order valence-corrected chi connectivity index (χ1v) is 5.58. The van der Waals surface area contributed by atoms with Crippen molar-refractivity contribution in [2.45, 2.75) is 19.8 Å². The van der Waals surface area contributed by atoms with Gasteiger partial charge in [-0.05, 0) is 41.8 Å². The van der Waals surface area contributed by atoms with E-state index < -0.39 is 0 Å². The topological polar surface area (TPSA) is 59.1 Å². The highest BCUT2D eigenvalue weighted by atomic mass is 16.3. The van der Waals surface area contributed by atoms with E-state index in [4.69, 9.17) is 5.73 Å². The number of anilines is 1. The summed E-state index contributed by atoms with van der Waals surface area (Å²) in [5.41, 5.74) is 9.37. The summed E-state index contributed by atoms with van der Waals surface area (Å²) in [7, 11) is 0. The van der Waals surface area contributed by atoms with Crippen LogP contribution in [0.2, 0.25) is 0 Å². The number of nitrogens with two attached hydrogens (primary N) is 1. The molecule has 0 radical (unpaired) electrons. The molecular weight excluding hydrogens is 212 g/mol. The SMILES string of the molecule is Cc1cc(N)c(O)cc1C(C)c1cccnc1. The summed E-state index contributed by atoms with van der Waals surface area (Å²) < 4.78 is 0. The van der Waals surface area contributed by atoms with E-state index >= 15 is 0 Å². The fourth-order valence-electron chi connectivity index (χ4n) is 2.01. The lowest BCUT2D eigenvalue weighted by Gasteiger charge is -2.16. The van der Waals surface area contributed by atoms with Gasteiger partial charge in [-0.1, -0.05) is 13.0 Å². The number of aromatic nitrogens is 1. The van der Waals surface area contributed by atoms with Crippen LogP contribution in [0.15, 0.2) is 36.7 Å². The van der Waals surface area contributed by atoms with Gasteiger partial charge in [0.05, 0.1) is 5.69 Å². The monoisotopic (exact) mass is 228 g/mol.